The Bertz CT molecular complexity index is 709. The molecule has 0 aliphatic rings. The second-order valence-corrected chi connectivity index (χ2v) is 5.36. The normalized spacial score (nSPS) is 10.6. The largest absolute Gasteiger partial charge is 0.507 e. The minimum absolute atomic E-state index is 0.189. The quantitative estimate of drug-likeness (QED) is 0.732. The lowest BCUT2D eigenvalue weighted by molar-refractivity contribution is 0.477. The van der Waals surface area contributed by atoms with Crippen molar-refractivity contribution in [1.82, 2.24) is 4.98 Å². The molecule has 0 unspecified atom stereocenters. The van der Waals surface area contributed by atoms with Gasteiger partial charge in [0.15, 0.2) is 0 Å². The van der Waals surface area contributed by atoms with Gasteiger partial charge in [0.2, 0.25) is 0 Å². The molecular weight excluding hydrogens is 278 g/mol. The number of aromatic hydroxyl groups is 1. The molecule has 2 nitrogen and oxygen atoms in total. The summed E-state index contributed by atoms with van der Waals surface area (Å²) in [7, 11) is 0. The molecule has 0 atom stereocenters. The molecule has 94 valence electrons. The van der Waals surface area contributed by atoms with Gasteiger partial charge in [-0.25, -0.2) is 4.98 Å². The highest BCUT2D eigenvalue weighted by atomic mass is 35.5. The number of thiazole rings is 1. The molecule has 1 N–H and O–H groups in total. The first-order valence-corrected chi connectivity index (χ1v) is 6.99. The van der Waals surface area contributed by atoms with E-state index in [2.05, 4.69) is 4.98 Å². The van der Waals surface area contributed by atoms with Gasteiger partial charge in [-0.05, 0) is 18.2 Å². The summed E-state index contributed by atoms with van der Waals surface area (Å²) in [4.78, 5) is 4.55. The van der Waals surface area contributed by atoms with Gasteiger partial charge >= 0.3 is 0 Å². The fourth-order valence-electron chi connectivity index (χ4n) is 1.82. The van der Waals surface area contributed by atoms with Crippen LogP contribution in [-0.4, -0.2) is 10.1 Å². The molecule has 0 radical (unpaired) electrons. The molecule has 19 heavy (non-hydrogen) atoms. The first kappa shape index (κ1) is 12.2. The van der Waals surface area contributed by atoms with Gasteiger partial charge in [0.05, 0.1) is 5.69 Å². The molecule has 0 aliphatic heterocycles. The van der Waals surface area contributed by atoms with Crippen LogP contribution in [0.1, 0.15) is 0 Å². The molecule has 0 saturated carbocycles. The predicted molar refractivity (Wildman–Crippen MR) is 79.7 cm³/mol. The maximum atomic E-state index is 9.87. The highest BCUT2D eigenvalue weighted by Gasteiger charge is 2.10. The average Bonchev–Trinajstić information content (AvgIpc) is 2.92. The second-order valence-electron chi connectivity index (χ2n) is 4.07. The van der Waals surface area contributed by atoms with Gasteiger partial charge in [-0.2, -0.15) is 0 Å². The number of aromatic nitrogens is 1. The minimum atomic E-state index is 0.189. The van der Waals surface area contributed by atoms with Gasteiger partial charge in [0, 0.05) is 21.5 Å². The van der Waals surface area contributed by atoms with E-state index in [1.54, 1.807) is 29.5 Å². The lowest BCUT2D eigenvalue weighted by Gasteiger charge is -2.01. The van der Waals surface area contributed by atoms with Crippen molar-refractivity contribution in [2.24, 2.45) is 0 Å². The molecule has 3 rings (SSSR count). The topological polar surface area (TPSA) is 33.1 Å². The molecule has 4 heteroatoms. The third kappa shape index (κ3) is 2.48. The van der Waals surface area contributed by atoms with Gasteiger partial charge in [0.25, 0.3) is 0 Å². The van der Waals surface area contributed by atoms with Crippen molar-refractivity contribution in [3.63, 3.8) is 0 Å². The molecule has 1 aromatic heterocycles. The van der Waals surface area contributed by atoms with E-state index in [0.29, 0.717) is 10.6 Å². The van der Waals surface area contributed by atoms with Crippen LogP contribution in [0.2, 0.25) is 5.02 Å². The summed E-state index contributed by atoms with van der Waals surface area (Å²) < 4.78 is 0. The van der Waals surface area contributed by atoms with Crippen molar-refractivity contribution in [2.45, 2.75) is 0 Å². The summed E-state index contributed by atoms with van der Waals surface area (Å²) in [6.07, 6.45) is 0. The molecule has 0 amide bonds. The Kier molecular flexibility index (Phi) is 3.23. The van der Waals surface area contributed by atoms with Gasteiger partial charge in [0.1, 0.15) is 10.8 Å². The van der Waals surface area contributed by atoms with E-state index in [-0.39, 0.29) is 5.75 Å². The lowest BCUT2D eigenvalue weighted by Crippen LogP contribution is -1.81. The Balaban J connectivity index is 2.04. The van der Waals surface area contributed by atoms with E-state index < -0.39 is 0 Å². The van der Waals surface area contributed by atoms with E-state index >= 15 is 0 Å². The Hall–Kier alpha value is -1.84. The maximum absolute atomic E-state index is 9.87. The molecule has 1 heterocycles. The first-order chi connectivity index (χ1) is 9.24. The highest BCUT2D eigenvalue weighted by molar-refractivity contribution is 7.13. The summed E-state index contributed by atoms with van der Waals surface area (Å²) in [5.41, 5.74) is 2.47. The molecule has 0 spiro atoms. The summed E-state index contributed by atoms with van der Waals surface area (Å²) in [5.74, 6) is 0.189. The maximum Gasteiger partial charge on any atom is 0.125 e. The highest BCUT2D eigenvalue weighted by Crippen LogP contribution is 2.34. The van der Waals surface area contributed by atoms with E-state index in [0.717, 1.165) is 16.3 Å². The lowest BCUT2D eigenvalue weighted by atomic mass is 10.1. The second kappa shape index (κ2) is 5.03. The van der Waals surface area contributed by atoms with Crippen LogP contribution in [0.25, 0.3) is 21.8 Å². The summed E-state index contributed by atoms with van der Waals surface area (Å²) in [5, 5.41) is 13.3. The standard InChI is InChI=1S/C15H10ClNOS/c16-11-6-7-14(18)12(8-11)13-9-19-15(17-13)10-4-2-1-3-5-10/h1-9,18H. The number of nitrogens with zero attached hydrogens (tertiary/aromatic N) is 1. The Morgan fingerprint density at radius 2 is 1.84 bits per heavy atom. The zero-order valence-electron chi connectivity index (χ0n) is 9.88. The summed E-state index contributed by atoms with van der Waals surface area (Å²) in [6, 6.07) is 14.9. The van der Waals surface area contributed by atoms with Gasteiger partial charge < -0.3 is 5.11 Å². The predicted octanol–water partition coefficient (Wildman–Crippen LogP) is 4.84. The van der Waals surface area contributed by atoms with E-state index in [1.165, 1.54) is 0 Å². The van der Waals surface area contributed by atoms with Crippen molar-refractivity contribution >= 4 is 22.9 Å². The Labute approximate surface area is 120 Å². The smallest absolute Gasteiger partial charge is 0.125 e. The number of phenols is 1. The summed E-state index contributed by atoms with van der Waals surface area (Å²) in [6.45, 7) is 0. The molecule has 0 bridgehead atoms. The molecule has 0 saturated heterocycles. The van der Waals surface area contributed by atoms with Crippen LogP contribution in [0.15, 0.2) is 53.9 Å². The third-order valence-electron chi connectivity index (χ3n) is 2.76. The van der Waals surface area contributed by atoms with E-state index in [4.69, 9.17) is 11.6 Å². The van der Waals surface area contributed by atoms with Crippen LogP contribution in [0.3, 0.4) is 0 Å². The molecule has 3 aromatic rings. The first-order valence-electron chi connectivity index (χ1n) is 5.74. The number of rotatable bonds is 2. The fourth-order valence-corrected chi connectivity index (χ4v) is 2.82. The number of hydrogen-bond donors (Lipinski definition) is 1. The molecule has 2 aromatic carbocycles. The van der Waals surface area contributed by atoms with Crippen molar-refractivity contribution in [3.05, 3.63) is 58.9 Å². The van der Waals surface area contributed by atoms with E-state index in [1.807, 2.05) is 35.7 Å². The van der Waals surface area contributed by atoms with Crippen molar-refractivity contribution in [3.8, 4) is 27.6 Å². The number of hydrogen-bond acceptors (Lipinski definition) is 3. The Morgan fingerprint density at radius 3 is 2.63 bits per heavy atom. The number of phenolic OH excluding ortho intramolecular Hbond substituents is 1. The fraction of sp³-hybridized carbons (Fsp3) is 0. The van der Waals surface area contributed by atoms with Crippen molar-refractivity contribution < 1.29 is 5.11 Å². The molecule has 0 aliphatic carbocycles. The van der Waals surface area contributed by atoms with Crippen LogP contribution in [0.4, 0.5) is 0 Å². The summed E-state index contributed by atoms with van der Waals surface area (Å²) >= 11 is 7.50. The van der Waals surface area contributed by atoms with E-state index in [9.17, 15) is 5.11 Å². The van der Waals surface area contributed by atoms with Crippen molar-refractivity contribution in [1.29, 1.82) is 0 Å². The van der Waals surface area contributed by atoms with Crippen LogP contribution < -0.4 is 0 Å². The Morgan fingerprint density at radius 1 is 1.05 bits per heavy atom. The zero-order chi connectivity index (χ0) is 13.2. The van der Waals surface area contributed by atoms with Crippen LogP contribution in [0, 0.1) is 0 Å². The SMILES string of the molecule is Oc1ccc(Cl)cc1-c1csc(-c2ccccc2)n1. The van der Waals surface area contributed by atoms with Gasteiger partial charge in [-0.3, -0.25) is 0 Å². The number of halogens is 1. The van der Waals surface area contributed by atoms with Crippen LogP contribution in [0.5, 0.6) is 5.75 Å². The van der Waals surface area contributed by atoms with Crippen molar-refractivity contribution in [2.75, 3.05) is 0 Å². The molecular formula is C15H10ClNOS. The van der Waals surface area contributed by atoms with Gasteiger partial charge in [-0.15, -0.1) is 11.3 Å². The van der Waals surface area contributed by atoms with Crippen LogP contribution in [-0.2, 0) is 0 Å². The van der Waals surface area contributed by atoms with Gasteiger partial charge in [-0.1, -0.05) is 41.9 Å². The van der Waals surface area contributed by atoms with Crippen LogP contribution >= 0.6 is 22.9 Å². The molecule has 0 fully saturated rings. The number of benzene rings is 2. The monoisotopic (exact) mass is 287 g/mol. The average molecular weight is 288 g/mol. The zero-order valence-corrected chi connectivity index (χ0v) is 11.4. The minimum Gasteiger partial charge on any atom is -0.507 e. The third-order valence-corrected chi connectivity index (χ3v) is 3.89.